The van der Waals surface area contributed by atoms with Gasteiger partial charge in [-0.1, -0.05) is 12.1 Å². The lowest BCUT2D eigenvalue weighted by molar-refractivity contribution is -0.175. The van der Waals surface area contributed by atoms with Crippen molar-refractivity contribution < 1.29 is 43.9 Å². The molecule has 200 valence electrons. The zero-order chi connectivity index (χ0) is 26.7. The predicted molar refractivity (Wildman–Crippen MR) is 127 cm³/mol. The van der Waals surface area contributed by atoms with Crippen LogP contribution in [0.5, 0.6) is 5.75 Å². The van der Waals surface area contributed by atoms with Crippen molar-refractivity contribution >= 4 is 17.9 Å². The summed E-state index contributed by atoms with van der Waals surface area (Å²) in [5, 5.41) is 30.9. The Morgan fingerprint density at radius 1 is 1.30 bits per heavy atom. The Labute approximate surface area is 213 Å². The third-order valence-electron chi connectivity index (χ3n) is 8.44. The van der Waals surface area contributed by atoms with E-state index in [1.807, 2.05) is 19.2 Å². The number of hydrogen-bond acceptors (Lipinski definition) is 10. The van der Waals surface area contributed by atoms with E-state index in [-0.39, 0.29) is 37.7 Å². The third kappa shape index (κ3) is 3.75. The molecular weight excluding hydrogens is 484 g/mol. The van der Waals surface area contributed by atoms with Gasteiger partial charge in [0.25, 0.3) is 0 Å². The Kier molecular flexibility index (Phi) is 6.30. The highest BCUT2D eigenvalue weighted by atomic mass is 16.6. The third-order valence-corrected chi connectivity index (χ3v) is 8.44. The molecule has 0 unspecified atom stereocenters. The Balaban J connectivity index is 1.41. The van der Waals surface area contributed by atoms with Crippen LogP contribution in [0.25, 0.3) is 0 Å². The van der Waals surface area contributed by atoms with E-state index in [0.717, 1.165) is 11.1 Å². The smallest absolute Gasteiger partial charge is 0.352 e. The molecule has 2 bridgehead atoms. The molecule has 0 radical (unpaired) electrons. The number of carboxylic acids is 1. The van der Waals surface area contributed by atoms with Gasteiger partial charge >= 0.3 is 17.9 Å². The predicted octanol–water partition coefficient (Wildman–Crippen LogP) is 0.124. The van der Waals surface area contributed by atoms with Crippen molar-refractivity contribution in [3.63, 3.8) is 0 Å². The number of benzene rings is 1. The average molecular weight is 517 g/mol. The number of aliphatic hydroxyl groups is 2. The topological polar surface area (TPSA) is 169 Å². The molecule has 37 heavy (non-hydrogen) atoms. The van der Waals surface area contributed by atoms with E-state index in [1.54, 1.807) is 6.08 Å². The highest BCUT2D eigenvalue weighted by Gasteiger charge is 2.71. The average Bonchev–Trinajstić information content (AvgIpc) is 3.21. The molecule has 6 atom stereocenters. The maximum Gasteiger partial charge on any atom is 0.352 e. The van der Waals surface area contributed by atoms with Crippen molar-refractivity contribution in [2.45, 2.75) is 80.9 Å². The largest absolute Gasteiger partial charge is 0.481 e. The molecule has 0 saturated carbocycles. The SMILES string of the molecule is C[C@H](OC(=O)[C@@H](N)CCC(=O)O)C(=O)OC1=CC[C@@]2(O)[C@H]3Cc4ccc(CO)c5c4[C@@]2(CCN3C)[C@H]1O5. The van der Waals surface area contributed by atoms with Crippen LogP contribution < -0.4 is 10.5 Å². The van der Waals surface area contributed by atoms with E-state index in [1.165, 1.54) is 6.92 Å². The molecular formula is C26H32N2O9. The standard InChI is InChI=1S/C26H32N2O9/c1-13(35-24(33)16(27)5-6-19(30)31)23(32)36-17-7-8-26(34)18-11-14-3-4-15(12-29)21-20(14)25(26,22(17)37-21)9-10-28(18)2/h3-4,7,13,16,18,22,29,34H,5-6,8-12,27H2,1-2H3,(H,30,31)/t13-,16-,18+,22-,25-,26+/m0/s1. The number of carboxylic acid groups (broad SMARTS) is 1. The van der Waals surface area contributed by atoms with Gasteiger partial charge in [0.2, 0.25) is 0 Å². The van der Waals surface area contributed by atoms with Gasteiger partial charge in [-0.2, -0.15) is 0 Å². The van der Waals surface area contributed by atoms with Crippen molar-refractivity contribution in [2.24, 2.45) is 5.73 Å². The van der Waals surface area contributed by atoms with E-state index >= 15 is 0 Å². The van der Waals surface area contributed by atoms with Gasteiger partial charge in [-0.3, -0.25) is 9.59 Å². The van der Waals surface area contributed by atoms with E-state index in [2.05, 4.69) is 4.90 Å². The number of likely N-dealkylation sites (N-methyl/N-ethyl adjacent to an activating group) is 1. The number of aliphatic carboxylic acids is 1. The fourth-order valence-corrected chi connectivity index (χ4v) is 6.54. The van der Waals surface area contributed by atoms with Crippen molar-refractivity contribution in [2.75, 3.05) is 13.6 Å². The summed E-state index contributed by atoms with van der Waals surface area (Å²) in [6.07, 6.45) is 0.573. The van der Waals surface area contributed by atoms with Crippen molar-refractivity contribution in [3.05, 3.63) is 40.7 Å². The molecule has 2 aliphatic carbocycles. The lowest BCUT2D eigenvalue weighted by Gasteiger charge is -2.61. The lowest BCUT2D eigenvalue weighted by atomic mass is 9.50. The molecule has 2 heterocycles. The minimum atomic E-state index is -1.30. The first kappa shape index (κ1) is 25.7. The fourth-order valence-electron chi connectivity index (χ4n) is 6.54. The summed E-state index contributed by atoms with van der Waals surface area (Å²) in [5.41, 5.74) is 6.18. The number of nitrogens with two attached hydrogens (primary N) is 1. The highest BCUT2D eigenvalue weighted by molar-refractivity contribution is 5.82. The fraction of sp³-hybridized carbons (Fsp3) is 0.577. The van der Waals surface area contributed by atoms with Gasteiger partial charge in [0, 0.05) is 30.0 Å². The Hall–Kier alpha value is -2.99. The minimum absolute atomic E-state index is 0.124. The molecule has 2 aliphatic heterocycles. The van der Waals surface area contributed by atoms with Crippen LogP contribution in [0.1, 0.15) is 49.3 Å². The monoisotopic (exact) mass is 516 g/mol. The van der Waals surface area contributed by atoms with E-state index in [0.29, 0.717) is 30.7 Å². The number of piperidine rings is 1. The number of aliphatic hydroxyl groups excluding tert-OH is 1. The molecule has 1 spiro atoms. The van der Waals surface area contributed by atoms with Gasteiger partial charge < -0.3 is 40.2 Å². The number of nitrogens with zero attached hydrogens (tertiary/aromatic N) is 1. The second-order valence-electron chi connectivity index (χ2n) is 10.4. The van der Waals surface area contributed by atoms with E-state index < -0.39 is 47.2 Å². The van der Waals surface area contributed by atoms with E-state index in [4.69, 9.17) is 25.1 Å². The van der Waals surface area contributed by atoms with Gasteiger partial charge in [0.05, 0.1) is 17.6 Å². The summed E-state index contributed by atoms with van der Waals surface area (Å²) in [5.74, 6) is -2.08. The van der Waals surface area contributed by atoms with Crippen molar-refractivity contribution in [1.29, 1.82) is 0 Å². The Bertz CT molecular complexity index is 1180. The van der Waals surface area contributed by atoms with Gasteiger partial charge in [-0.15, -0.1) is 0 Å². The maximum atomic E-state index is 12.9. The molecule has 5 N–H and O–H groups in total. The van der Waals surface area contributed by atoms with Crippen LogP contribution in [0.3, 0.4) is 0 Å². The number of rotatable bonds is 8. The second-order valence-corrected chi connectivity index (χ2v) is 10.4. The van der Waals surface area contributed by atoms with Gasteiger partial charge in [0.1, 0.15) is 17.6 Å². The highest BCUT2D eigenvalue weighted by Crippen LogP contribution is 2.64. The van der Waals surface area contributed by atoms with Crippen LogP contribution in [-0.2, 0) is 42.3 Å². The summed E-state index contributed by atoms with van der Waals surface area (Å²) < 4.78 is 17.3. The Morgan fingerprint density at radius 3 is 2.76 bits per heavy atom. The molecule has 4 aliphatic rings. The number of carbonyl (C=O) groups is 3. The van der Waals surface area contributed by atoms with Crippen LogP contribution in [-0.4, -0.2) is 81.6 Å². The molecule has 11 heteroatoms. The van der Waals surface area contributed by atoms with Gasteiger partial charge in [-0.25, -0.2) is 4.79 Å². The first-order valence-corrected chi connectivity index (χ1v) is 12.5. The molecule has 1 saturated heterocycles. The van der Waals surface area contributed by atoms with Crippen molar-refractivity contribution in [1.82, 2.24) is 4.90 Å². The molecule has 1 aromatic rings. The Morgan fingerprint density at radius 2 is 2.05 bits per heavy atom. The molecule has 1 fully saturated rings. The minimum Gasteiger partial charge on any atom is -0.481 e. The number of ether oxygens (including phenoxy) is 3. The van der Waals surface area contributed by atoms with Gasteiger partial charge in [-0.05, 0) is 51.4 Å². The number of esters is 2. The normalized spacial score (nSPS) is 30.9. The summed E-state index contributed by atoms with van der Waals surface area (Å²) in [6.45, 7) is 1.82. The van der Waals surface area contributed by atoms with Gasteiger partial charge in [0.15, 0.2) is 12.2 Å². The van der Waals surface area contributed by atoms with E-state index in [9.17, 15) is 24.6 Å². The van der Waals surface area contributed by atoms with Crippen LogP contribution in [0.4, 0.5) is 0 Å². The molecule has 1 aromatic carbocycles. The van der Waals surface area contributed by atoms with Crippen LogP contribution in [0.2, 0.25) is 0 Å². The molecule has 0 amide bonds. The number of likely N-dealkylation sites (tertiary alicyclic amines) is 1. The lowest BCUT2D eigenvalue weighted by Crippen LogP contribution is -2.74. The molecule has 5 rings (SSSR count). The summed E-state index contributed by atoms with van der Waals surface area (Å²) in [6, 6.07) is 2.46. The number of carbonyl (C=O) groups excluding carboxylic acids is 2. The summed E-state index contributed by atoms with van der Waals surface area (Å²) in [4.78, 5) is 38.0. The summed E-state index contributed by atoms with van der Waals surface area (Å²) >= 11 is 0. The quantitative estimate of drug-likeness (QED) is 0.346. The summed E-state index contributed by atoms with van der Waals surface area (Å²) in [7, 11) is 1.99. The van der Waals surface area contributed by atoms with Crippen LogP contribution >= 0.6 is 0 Å². The zero-order valence-electron chi connectivity index (χ0n) is 20.8. The molecule has 11 nitrogen and oxygen atoms in total. The van der Waals surface area contributed by atoms with Crippen LogP contribution in [0.15, 0.2) is 24.0 Å². The molecule has 0 aromatic heterocycles. The maximum absolute atomic E-state index is 12.9. The first-order valence-electron chi connectivity index (χ1n) is 12.5. The first-order chi connectivity index (χ1) is 17.5. The zero-order valence-corrected chi connectivity index (χ0v) is 20.8. The van der Waals surface area contributed by atoms with Crippen molar-refractivity contribution in [3.8, 4) is 5.75 Å². The van der Waals surface area contributed by atoms with Crippen LogP contribution in [0, 0.1) is 0 Å². The second kappa shape index (κ2) is 9.09. The number of hydrogen-bond donors (Lipinski definition) is 4.